The van der Waals surface area contributed by atoms with Gasteiger partial charge in [-0.25, -0.2) is 4.68 Å². The number of aromatic nitrogens is 4. The van der Waals surface area contributed by atoms with Crippen LogP contribution >= 0.6 is 15.9 Å². The van der Waals surface area contributed by atoms with Crippen molar-refractivity contribution in [2.75, 3.05) is 11.9 Å². The summed E-state index contributed by atoms with van der Waals surface area (Å²) < 4.78 is 5.10. The Morgan fingerprint density at radius 1 is 1.48 bits per heavy atom. The minimum Gasteiger partial charge on any atom is -0.369 e. The average Bonchev–Trinajstić information content (AvgIpc) is 3.01. The van der Waals surface area contributed by atoms with Gasteiger partial charge in [0.05, 0.1) is 22.4 Å². The molecule has 0 aromatic carbocycles. The third-order valence-corrected chi connectivity index (χ3v) is 4.83. The zero-order valence-electron chi connectivity index (χ0n) is 12.8. The first kappa shape index (κ1) is 14.6. The Balaban J connectivity index is 1.92. The molecule has 0 aliphatic carbocycles. The average molecular weight is 352 g/mol. The number of rotatable bonds is 4. The highest BCUT2D eigenvalue weighted by atomic mass is 79.9. The van der Waals surface area contributed by atoms with Gasteiger partial charge in [0.15, 0.2) is 0 Å². The second-order valence-corrected chi connectivity index (χ2v) is 6.96. The molecular weight excluding hydrogens is 330 g/mol. The quantitative estimate of drug-likeness (QED) is 0.918. The van der Waals surface area contributed by atoms with Crippen molar-refractivity contribution in [2.24, 2.45) is 13.0 Å². The van der Waals surface area contributed by atoms with Gasteiger partial charge in [0, 0.05) is 25.4 Å². The van der Waals surface area contributed by atoms with E-state index >= 15 is 0 Å². The molecule has 114 valence electrons. The second kappa shape index (κ2) is 5.83. The molecule has 1 aliphatic heterocycles. The molecule has 2 aromatic rings. The molecule has 0 bridgehead atoms. The zero-order chi connectivity index (χ0) is 15.0. The Bertz CT molecular complexity index is 628. The molecule has 2 aromatic heterocycles. The lowest BCUT2D eigenvalue weighted by Crippen LogP contribution is -2.24. The fourth-order valence-electron chi connectivity index (χ4n) is 2.80. The van der Waals surface area contributed by atoms with E-state index in [2.05, 4.69) is 51.1 Å². The monoisotopic (exact) mass is 351 g/mol. The van der Waals surface area contributed by atoms with Crippen molar-refractivity contribution in [3.8, 4) is 0 Å². The van der Waals surface area contributed by atoms with E-state index in [1.807, 2.05) is 17.9 Å². The lowest BCUT2D eigenvalue weighted by atomic mass is 10.1. The summed E-state index contributed by atoms with van der Waals surface area (Å²) in [7, 11) is 1.96. The SMILES string of the molecule is CC(C)CCc1nn2c(c1Br)NCCC2c1cnn(C)c1. The van der Waals surface area contributed by atoms with E-state index in [-0.39, 0.29) is 6.04 Å². The number of hydrogen-bond acceptors (Lipinski definition) is 3. The maximum Gasteiger partial charge on any atom is 0.139 e. The van der Waals surface area contributed by atoms with Crippen LogP contribution in [0.2, 0.25) is 0 Å². The molecule has 3 heterocycles. The first-order chi connectivity index (χ1) is 10.1. The number of nitrogens with zero attached hydrogens (tertiary/aromatic N) is 4. The number of hydrogen-bond donors (Lipinski definition) is 1. The normalized spacial score (nSPS) is 17.9. The van der Waals surface area contributed by atoms with Crippen LogP contribution in [-0.2, 0) is 13.5 Å². The number of halogens is 1. The van der Waals surface area contributed by atoms with Crippen molar-refractivity contribution < 1.29 is 0 Å². The first-order valence-electron chi connectivity index (χ1n) is 7.55. The summed E-state index contributed by atoms with van der Waals surface area (Å²) in [6.07, 6.45) is 7.25. The Hall–Kier alpha value is -1.30. The van der Waals surface area contributed by atoms with Gasteiger partial charge in [-0.05, 0) is 41.1 Å². The van der Waals surface area contributed by atoms with Gasteiger partial charge in [-0.1, -0.05) is 13.8 Å². The molecule has 0 amide bonds. The standard InChI is InChI=1S/C15H22BrN5/c1-10(2)4-5-12-14(16)15-17-7-6-13(21(15)19-12)11-8-18-20(3)9-11/h8-10,13,17H,4-7H2,1-3H3. The molecule has 0 fully saturated rings. The third-order valence-electron chi connectivity index (χ3n) is 3.99. The van der Waals surface area contributed by atoms with Gasteiger partial charge < -0.3 is 5.32 Å². The number of anilines is 1. The zero-order valence-corrected chi connectivity index (χ0v) is 14.4. The lowest BCUT2D eigenvalue weighted by Gasteiger charge is -2.25. The molecule has 5 nitrogen and oxygen atoms in total. The van der Waals surface area contributed by atoms with E-state index in [0.717, 1.165) is 41.8 Å². The van der Waals surface area contributed by atoms with Crippen LogP contribution in [0.1, 0.15) is 44.0 Å². The molecule has 0 saturated heterocycles. The van der Waals surface area contributed by atoms with E-state index in [0.29, 0.717) is 5.92 Å². The molecule has 3 rings (SSSR count). The van der Waals surface area contributed by atoms with Gasteiger partial charge in [0.25, 0.3) is 0 Å². The summed E-state index contributed by atoms with van der Waals surface area (Å²) in [4.78, 5) is 0. The summed E-state index contributed by atoms with van der Waals surface area (Å²) in [5, 5.41) is 12.6. The Morgan fingerprint density at radius 2 is 2.29 bits per heavy atom. The fraction of sp³-hybridized carbons (Fsp3) is 0.600. The van der Waals surface area contributed by atoms with Crippen molar-refractivity contribution in [1.29, 1.82) is 0 Å². The van der Waals surface area contributed by atoms with Crippen molar-refractivity contribution in [3.05, 3.63) is 28.1 Å². The summed E-state index contributed by atoms with van der Waals surface area (Å²) in [6, 6.07) is 0.277. The van der Waals surface area contributed by atoms with Gasteiger partial charge >= 0.3 is 0 Å². The molecule has 1 aliphatic rings. The van der Waals surface area contributed by atoms with Crippen molar-refractivity contribution in [1.82, 2.24) is 19.6 Å². The van der Waals surface area contributed by atoms with E-state index < -0.39 is 0 Å². The lowest BCUT2D eigenvalue weighted by molar-refractivity contribution is 0.474. The molecule has 1 atom stereocenters. The fourth-order valence-corrected chi connectivity index (χ4v) is 3.40. The maximum atomic E-state index is 4.86. The second-order valence-electron chi connectivity index (χ2n) is 6.16. The summed E-state index contributed by atoms with van der Waals surface area (Å²) in [5.74, 6) is 1.80. The van der Waals surface area contributed by atoms with Gasteiger partial charge in [-0.15, -0.1) is 0 Å². The van der Waals surface area contributed by atoms with Crippen LogP contribution in [0, 0.1) is 5.92 Å². The van der Waals surface area contributed by atoms with Crippen LogP contribution in [0.15, 0.2) is 16.9 Å². The minimum absolute atomic E-state index is 0.277. The predicted molar refractivity (Wildman–Crippen MR) is 87.5 cm³/mol. The molecule has 1 unspecified atom stereocenters. The van der Waals surface area contributed by atoms with Crippen LogP contribution < -0.4 is 5.32 Å². The van der Waals surface area contributed by atoms with E-state index in [1.54, 1.807) is 0 Å². The van der Waals surface area contributed by atoms with E-state index in [9.17, 15) is 0 Å². The van der Waals surface area contributed by atoms with E-state index in [4.69, 9.17) is 5.10 Å². The Labute approximate surface area is 133 Å². The highest BCUT2D eigenvalue weighted by molar-refractivity contribution is 9.10. The van der Waals surface area contributed by atoms with Crippen molar-refractivity contribution >= 4 is 21.7 Å². The minimum atomic E-state index is 0.277. The molecule has 0 spiro atoms. The van der Waals surface area contributed by atoms with Crippen LogP contribution in [0.3, 0.4) is 0 Å². The van der Waals surface area contributed by atoms with Crippen LogP contribution in [-0.4, -0.2) is 26.1 Å². The van der Waals surface area contributed by atoms with Gasteiger partial charge in [-0.3, -0.25) is 4.68 Å². The van der Waals surface area contributed by atoms with Crippen LogP contribution in [0.5, 0.6) is 0 Å². The number of nitrogens with one attached hydrogen (secondary N) is 1. The number of aryl methyl sites for hydroxylation is 2. The Kier molecular flexibility index (Phi) is 4.06. The van der Waals surface area contributed by atoms with Crippen LogP contribution in [0.25, 0.3) is 0 Å². The molecular formula is C15H22BrN5. The van der Waals surface area contributed by atoms with Crippen LogP contribution in [0.4, 0.5) is 5.82 Å². The highest BCUT2D eigenvalue weighted by Crippen LogP contribution is 2.36. The smallest absolute Gasteiger partial charge is 0.139 e. The van der Waals surface area contributed by atoms with Crippen molar-refractivity contribution in [2.45, 2.75) is 39.2 Å². The van der Waals surface area contributed by atoms with E-state index in [1.165, 1.54) is 5.56 Å². The molecule has 0 saturated carbocycles. The largest absolute Gasteiger partial charge is 0.369 e. The Morgan fingerprint density at radius 3 is 2.95 bits per heavy atom. The molecule has 21 heavy (non-hydrogen) atoms. The first-order valence-corrected chi connectivity index (χ1v) is 8.35. The van der Waals surface area contributed by atoms with Gasteiger partial charge in [0.2, 0.25) is 0 Å². The summed E-state index contributed by atoms with van der Waals surface area (Å²) >= 11 is 3.73. The summed E-state index contributed by atoms with van der Waals surface area (Å²) in [6.45, 7) is 5.47. The highest BCUT2D eigenvalue weighted by Gasteiger charge is 2.27. The third kappa shape index (κ3) is 2.86. The maximum absolute atomic E-state index is 4.86. The number of fused-ring (bicyclic) bond motifs is 1. The van der Waals surface area contributed by atoms with Gasteiger partial charge in [-0.2, -0.15) is 10.2 Å². The van der Waals surface area contributed by atoms with Gasteiger partial charge in [0.1, 0.15) is 5.82 Å². The summed E-state index contributed by atoms with van der Waals surface area (Å²) in [5.41, 5.74) is 2.38. The van der Waals surface area contributed by atoms with Crippen molar-refractivity contribution in [3.63, 3.8) is 0 Å². The molecule has 6 heteroatoms. The molecule has 0 radical (unpaired) electrons. The topological polar surface area (TPSA) is 47.7 Å². The molecule has 1 N–H and O–H groups in total. The predicted octanol–water partition coefficient (Wildman–Crippen LogP) is 3.37.